The minimum absolute atomic E-state index is 0. The van der Waals surface area contributed by atoms with Crippen LogP contribution in [0.1, 0.15) is 12.8 Å². The summed E-state index contributed by atoms with van der Waals surface area (Å²) in [5.41, 5.74) is 5.43. The van der Waals surface area contributed by atoms with E-state index < -0.39 is 6.61 Å². The number of nitrogens with one attached hydrogen (secondary N) is 1. The first-order chi connectivity index (χ1) is 9.06. The Hall–Kier alpha value is -1.60. The van der Waals surface area contributed by atoms with Crippen molar-refractivity contribution in [3.05, 3.63) is 18.2 Å². The van der Waals surface area contributed by atoms with E-state index in [-0.39, 0.29) is 36.2 Å². The molecule has 0 fully saturated rings. The molecule has 1 rings (SSSR count). The van der Waals surface area contributed by atoms with E-state index in [9.17, 15) is 13.6 Å². The summed E-state index contributed by atoms with van der Waals surface area (Å²) in [6.07, 6.45) is 0.725. The summed E-state index contributed by atoms with van der Waals surface area (Å²) in [5, 5.41) is 2.49. The monoisotopic (exact) mass is 310 g/mol. The highest BCUT2D eigenvalue weighted by atomic mass is 35.5. The fraction of sp³-hybridized carbons (Fsp3) is 0.417. The number of carbonyl (C=O) groups is 1. The van der Waals surface area contributed by atoms with Gasteiger partial charge in [0, 0.05) is 12.5 Å². The van der Waals surface area contributed by atoms with Crippen LogP contribution in [0.5, 0.6) is 11.5 Å². The Labute approximate surface area is 121 Å². The lowest BCUT2D eigenvalue weighted by Gasteiger charge is -2.13. The van der Waals surface area contributed by atoms with Gasteiger partial charge in [-0.2, -0.15) is 8.78 Å². The number of amides is 1. The van der Waals surface area contributed by atoms with E-state index in [1.807, 2.05) is 0 Å². The molecule has 0 unspecified atom stereocenters. The van der Waals surface area contributed by atoms with Crippen LogP contribution in [0.3, 0.4) is 0 Å². The standard InChI is InChI=1S/C12H16F2N2O3.ClH/c1-18-8-4-5-10(19-12(13)14)9(7-8)16-11(17)3-2-6-15;/h4-5,7,12H,2-3,6,15H2,1H3,(H,16,17);1H. The third kappa shape index (κ3) is 6.03. The molecule has 0 saturated carbocycles. The van der Waals surface area contributed by atoms with E-state index in [1.165, 1.54) is 25.3 Å². The molecule has 5 nitrogen and oxygen atoms in total. The fourth-order valence-corrected chi connectivity index (χ4v) is 1.41. The van der Waals surface area contributed by atoms with Crippen LogP contribution >= 0.6 is 12.4 Å². The largest absolute Gasteiger partial charge is 0.497 e. The van der Waals surface area contributed by atoms with Gasteiger partial charge >= 0.3 is 6.61 Å². The van der Waals surface area contributed by atoms with E-state index >= 15 is 0 Å². The van der Waals surface area contributed by atoms with E-state index in [4.69, 9.17) is 10.5 Å². The summed E-state index contributed by atoms with van der Waals surface area (Å²) in [5.74, 6) is -0.00883. The van der Waals surface area contributed by atoms with Crippen LogP contribution in [-0.2, 0) is 4.79 Å². The molecule has 0 aliphatic rings. The highest BCUT2D eigenvalue weighted by Gasteiger charge is 2.13. The van der Waals surface area contributed by atoms with Gasteiger partial charge in [0.05, 0.1) is 12.8 Å². The molecule has 8 heteroatoms. The molecule has 0 atom stereocenters. The van der Waals surface area contributed by atoms with E-state index in [0.29, 0.717) is 18.7 Å². The number of rotatable bonds is 7. The van der Waals surface area contributed by atoms with Crippen molar-refractivity contribution >= 4 is 24.0 Å². The van der Waals surface area contributed by atoms with Gasteiger partial charge in [0.2, 0.25) is 5.91 Å². The molecule has 0 heterocycles. The summed E-state index contributed by atoms with van der Waals surface area (Å²) >= 11 is 0. The normalized spacial score (nSPS) is 9.85. The zero-order valence-electron chi connectivity index (χ0n) is 10.9. The molecule has 20 heavy (non-hydrogen) atoms. The molecule has 0 saturated heterocycles. The van der Waals surface area contributed by atoms with Crippen molar-refractivity contribution in [1.82, 2.24) is 0 Å². The second-order valence-corrected chi connectivity index (χ2v) is 3.68. The maximum absolute atomic E-state index is 12.2. The van der Waals surface area contributed by atoms with E-state index in [0.717, 1.165) is 0 Å². The molecule has 0 aromatic heterocycles. The summed E-state index contributed by atoms with van der Waals surface area (Å²) in [7, 11) is 1.43. The molecule has 1 aromatic carbocycles. The molecule has 0 bridgehead atoms. The fourth-order valence-electron chi connectivity index (χ4n) is 1.41. The second kappa shape index (κ2) is 9.33. The zero-order chi connectivity index (χ0) is 14.3. The number of alkyl halides is 2. The molecule has 0 aliphatic heterocycles. The molecular weight excluding hydrogens is 294 g/mol. The van der Waals surface area contributed by atoms with Crippen LogP contribution in [0.25, 0.3) is 0 Å². The van der Waals surface area contributed by atoms with Gasteiger partial charge in [-0.15, -0.1) is 12.4 Å². The first kappa shape index (κ1) is 18.4. The predicted molar refractivity (Wildman–Crippen MR) is 73.8 cm³/mol. The van der Waals surface area contributed by atoms with Gasteiger partial charge in [0.25, 0.3) is 0 Å². The third-order valence-corrected chi connectivity index (χ3v) is 2.28. The lowest BCUT2D eigenvalue weighted by Crippen LogP contribution is -2.15. The van der Waals surface area contributed by atoms with E-state index in [2.05, 4.69) is 10.1 Å². The van der Waals surface area contributed by atoms with E-state index in [1.54, 1.807) is 0 Å². The minimum Gasteiger partial charge on any atom is -0.497 e. The van der Waals surface area contributed by atoms with Crippen LogP contribution in [0.15, 0.2) is 18.2 Å². The summed E-state index contributed by atoms with van der Waals surface area (Å²) < 4.78 is 33.8. The Kier molecular flexibility index (Phi) is 8.58. The van der Waals surface area contributed by atoms with Gasteiger partial charge in [0.15, 0.2) is 0 Å². The lowest BCUT2D eigenvalue weighted by molar-refractivity contribution is -0.116. The maximum atomic E-state index is 12.2. The lowest BCUT2D eigenvalue weighted by atomic mass is 10.2. The Morgan fingerprint density at radius 3 is 2.70 bits per heavy atom. The van der Waals surface area contributed by atoms with Crippen molar-refractivity contribution in [3.63, 3.8) is 0 Å². The van der Waals surface area contributed by atoms with Gasteiger partial charge in [-0.25, -0.2) is 0 Å². The molecule has 3 N–H and O–H groups in total. The Morgan fingerprint density at radius 2 is 2.15 bits per heavy atom. The second-order valence-electron chi connectivity index (χ2n) is 3.68. The quantitative estimate of drug-likeness (QED) is 0.811. The number of hydrogen-bond acceptors (Lipinski definition) is 4. The summed E-state index contributed by atoms with van der Waals surface area (Å²) in [6, 6.07) is 4.19. The van der Waals surface area contributed by atoms with Crippen LogP contribution in [0.2, 0.25) is 0 Å². The van der Waals surface area contributed by atoms with Gasteiger partial charge in [-0.05, 0) is 25.1 Å². The summed E-state index contributed by atoms with van der Waals surface area (Å²) in [4.78, 5) is 11.6. The molecule has 1 aromatic rings. The van der Waals surface area contributed by atoms with Gasteiger partial charge in [0.1, 0.15) is 11.5 Å². The van der Waals surface area contributed by atoms with Gasteiger partial charge < -0.3 is 20.5 Å². The number of ether oxygens (including phenoxy) is 2. The van der Waals surface area contributed by atoms with Crippen LogP contribution in [0, 0.1) is 0 Å². The van der Waals surface area contributed by atoms with Crippen LogP contribution in [0.4, 0.5) is 14.5 Å². The number of carbonyl (C=O) groups excluding carboxylic acids is 1. The first-order valence-electron chi connectivity index (χ1n) is 5.69. The van der Waals surface area contributed by atoms with Crippen molar-refractivity contribution in [1.29, 1.82) is 0 Å². The van der Waals surface area contributed by atoms with Crippen molar-refractivity contribution in [3.8, 4) is 11.5 Å². The highest BCUT2D eigenvalue weighted by Crippen LogP contribution is 2.30. The molecule has 0 spiro atoms. The Morgan fingerprint density at radius 1 is 1.45 bits per heavy atom. The average molecular weight is 311 g/mol. The molecule has 114 valence electrons. The van der Waals surface area contributed by atoms with Crippen molar-refractivity contribution < 1.29 is 23.0 Å². The van der Waals surface area contributed by atoms with Gasteiger partial charge in [-0.3, -0.25) is 4.79 Å². The predicted octanol–water partition coefficient (Wildman–Crippen LogP) is 2.40. The molecule has 0 aliphatic carbocycles. The maximum Gasteiger partial charge on any atom is 0.387 e. The van der Waals surface area contributed by atoms with Crippen molar-refractivity contribution in [2.45, 2.75) is 19.5 Å². The number of nitrogens with two attached hydrogens (primary N) is 1. The number of hydrogen-bond donors (Lipinski definition) is 2. The molecule has 1 amide bonds. The average Bonchev–Trinajstić information content (AvgIpc) is 2.37. The Bertz CT molecular complexity index is 433. The Balaban J connectivity index is 0.00000361. The number of benzene rings is 1. The molecule has 0 radical (unpaired) electrons. The van der Waals surface area contributed by atoms with Gasteiger partial charge in [-0.1, -0.05) is 0 Å². The van der Waals surface area contributed by atoms with Crippen molar-refractivity contribution in [2.75, 3.05) is 19.0 Å². The smallest absolute Gasteiger partial charge is 0.387 e. The highest BCUT2D eigenvalue weighted by molar-refractivity contribution is 5.92. The molecular formula is C12H17ClF2N2O3. The number of methoxy groups -OCH3 is 1. The third-order valence-electron chi connectivity index (χ3n) is 2.28. The number of halogens is 3. The SMILES string of the molecule is COc1ccc(OC(F)F)c(NC(=O)CCCN)c1.Cl. The topological polar surface area (TPSA) is 73.6 Å². The minimum atomic E-state index is -2.96. The van der Waals surface area contributed by atoms with Crippen molar-refractivity contribution in [2.24, 2.45) is 5.73 Å². The van der Waals surface area contributed by atoms with Crippen LogP contribution in [-0.4, -0.2) is 26.2 Å². The summed E-state index contributed by atoms with van der Waals surface area (Å²) in [6.45, 7) is -2.58. The number of anilines is 1. The zero-order valence-corrected chi connectivity index (χ0v) is 11.7. The van der Waals surface area contributed by atoms with Crippen LogP contribution < -0.4 is 20.5 Å². The first-order valence-corrected chi connectivity index (χ1v) is 5.69.